The van der Waals surface area contributed by atoms with Crippen molar-refractivity contribution in [1.82, 2.24) is 9.55 Å². The summed E-state index contributed by atoms with van der Waals surface area (Å²) in [5, 5.41) is 3.29. The van der Waals surface area contributed by atoms with Gasteiger partial charge in [-0.2, -0.15) is 0 Å². The van der Waals surface area contributed by atoms with Crippen LogP contribution in [0.5, 0.6) is 0 Å². The minimum absolute atomic E-state index is 0.202. The average molecular weight is 301 g/mol. The van der Waals surface area contributed by atoms with Crippen LogP contribution in [0.3, 0.4) is 0 Å². The molecule has 0 saturated carbocycles. The molecule has 1 aliphatic heterocycles. The van der Waals surface area contributed by atoms with Crippen molar-refractivity contribution >= 4 is 15.8 Å². The Balaban J connectivity index is 1.94. The van der Waals surface area contributed by atoms with Crippen LogP contribution in [0, 0.1) is 12.8 Å². The molecule has 7 heteroatoms. The number of anilines is 1. The lowest BCUT2D eigenvalue weighted by atomic mass is 10.1. The number of ether oxygens (including phenoxy) is 1. The highest BCUT2D eigenvalue weighted by molar-refractivity contribution is 7.91. The largest absolute Gasteiger partial charge is 0.385 e. The molecular weight excluding hydrogens is 278 g/mol. The molecule has 2 rings (SSSR count). The smallest absolute Gasteiger partial charge is 0.203 e. The highest BCUT2D eigenvalue weighted by Crippen LogP contribution is 2.22. The Morgan fingerprint density at radius 3 is 3.00 bits per heavy atom. The van der Waals surface area contributed by atoms with E-state index in [0.29, 0.717) is 24.7 Å². The fourth-order valence-electron chi connectivity index (χ4n) is 2.54. The molecule has 1 saturated heterocycles. The van der Waals surface area contributed by atoms with E-state index in [2.05, 4.69) is 10.3 Å². The van der Waals surface area contributed by atoms with Gasteiger partial charge in [-0.25, -0.2) is 13.4 Å². The molecule has 1 N–H and O–H groups in total. The van der Waals surface area contributed by atoms with E-state index in [9.17, 15) is 8.42 Å². The lowest BCUT2D eigenvalue weighted by Gasteiger charge is -2.13. The fourth-order valence-corrected chi connectivity index (χ4v) is 4.39. The number of nitrogens with one attached hydrogen (secondary N) is 1. The zero-order valence-corrected chi connectivity index (χ0v) is 12.9. The van der Waals surface area contributed by atoms with Gasteiger partial charge in [-0.3, -0.25) is 0 Å². The quantitative estimate of drug-likeness (QED) is 0.763. The number of aryl methyl sites for hydroxylation is 1. The van der Waals surface area contributed by atoms with Crippen LogP contribution in [0.4, 0.5) is 5.95 Å². The standard InChI is InChI=1S/C13H23N3O3S/c1-11-8-16(9-12-4-7-20(17,18)10-12)13(15-11)14-5-3-6-19-2/h8,12H,3-7,9-10H2,1-2H3,(H,14,15). The van der Waals surface area contributed by atoms with Crippen LogP contribution in [0.25, 0.3) is 0 Å². The van der Waals surface area contributed by atoms with Gasteiger partial charge >= 0.3 is 0 Å². The van der Waals surface area contributed by atoms with Crippen molar-refractivity contribution in [3.63, 3.8) is 0 Å². The molecule has 0 radical (unpaired) electrons. The first kappa shape index (κ1) is 15.3. The molecule has 1 fully saturated rings. The summed E-state index contributed by atoms with van der Waals surface area (Å²) in [6, 6.07) is 0. The van der Waals surface area contributed by atoms with Crippen LogP contribution in [-0.2, 0) is 21.1 Å². The van der Waals surface area contributed by atoms with Crippen molar-refractivity contribution in [2.75, 3.05) is 37.1 Å². The first-order valence-electron chi connectivity index (χ1n) is 6.97. The number of sulfone groups is 1. The van der Waals surface area contributed by atoms with Gasteiger partial charge in [0.05, 0.1) is 17.2 Å². The lowest BCUT2D eigenvalue weighted by Crippen LogP contribution is -2.15. The molecule has 1 atom stereocenters. The van der Waals surface area contributed by atoms with Gasteiger partial charge in [-0.05, 0) is 25.7 Å². The Bertz CT molecular complexity index is 539. The lowest BCUT2D eigenvalue weighted by molar-refractivity contribution is 0.197. The van der Waals surface area contributed by atoms with E-state index in [0.717, 1.165) is 31.0 Å². The van der Waals surface area contributed by atoms with Crippen LogP contribution in [0.1, 0.15) is 18.5 Å². The molecule has 2 heterocycles. The second-order valence-electron chi connectivity index (χ2n) is 5.40. The summed E-state index contributed by atoms with van der Waals surface area (Å²) >= 11 is 0. The highest BCUT2D eigenvalue weighted by Gasteiger charge is 2.28. The maximum atomic E-state index is 11.5. The van der Waals surface area contributed by atoms with Gasteiger partial charge in [0.2, 0.25) is 5.95 Å². The van der Waals surface area contributed by atoms with Crippen LogP contribution in [-0.4, -0.2) is 49.7 Å². The van der Waals surface area contributed by atoms with E-state index >= 15 is 0 Å². The molecule has 0 bridgehead atoms. The zero-order chi connectivity index (χ0) is 14.6. The molecule has 0 aromatic carbocycles. The van der Waals surface area contributed by atoms with Crippen molar-refractivity contribution in [1.29, 1.82) is 0 Å². The number of hydrogen-bond donors (Lipinski definition) is 1. The maximum Gasteiger partial charge on any atom is 0.203 e. The number of imidazole rings is 1. The first-order chi connectivity index (χ1) is 9.50. The number of nitrogens with zero attached hydrogens (tertiary/aromatic N) is 2. The predicted octanol–water partition coefficient (Wildman–Crippen LogP) is 1.07. The van der Waals surface area contributed by atoms with Gasteiger partial charge in [0.15, 0.2) is 9.84 Å². The fraction of sp³-hybridized carbons (Fsp3) is 0.769. The van der Waals surface area contributed by atoms with Gasteiger partial charge in [0.1, 0.15) is 0 Å². The summed E-state index contributed by atoms with van der Waals surface area (Å²) in [5.41, 5.74) is 0.945. The van der Waals surface area contributed by atoms with Crippen LogP contribution in [0.2, 0.25) is 0 Å². The number of aromatic nitrogens is 2. The van der Waals surface area contributed by atoms with Gasteiger partial charge < -0.3 is 14.6 Å². The second kappa shape index (κ2) is 6.58. The number of methoxy groups -OCH3 is 1. The minimum atomic E-state index is -2.82. The molecule has 1 aromatic heterocycles. The minimum Gasteiger partial charge on any atom is -0.385 e. The van der Waals surface area contributed by atoms with Gasteiger partial charge in [0.25, 0.3) is 0 Å². The van der Waals surface area contributed by atoms with Crippen molar-refractivity contribution in [2.24, 2.45) is 5.92 Å². The Kier molecular flexibility index (Phi) is 5.04. The molecule has 114 valence electrons. The molecule has 0 spiro atoms. The number of hydrogen-bond acceptors (Lipinski definition) is 5. The van der Waals surface area contributed by atoms with Crippen molar-refractivity contribution in [3.05, 3.63) is 11.9 Å². The van der Waals surface area contributed by atoms with E-state index in [4.69, 9.17) is 4.74 Å². The normalized spacial score (nSPS) is 21.2. The average Bonchev–Trinajstić information content (AvgIpc) is 2.88. The summed E-state index contributed by atoms with van der Waals surface area (Å²) < 4.78 is 30.1. The summed E-state index contributed by atoms with van der Waals surface area (Å²) in [4.78, 5) is 4.45. The Hall–Kier alpha value is -1.08. The summed E-state index contributed by atoms with van der Waals surface area (Å²) in [6.07, 6.45) is 3.65. The maximum absolute atomic E-state index is 11.5. The van der Waals surface area contributed by atoms with Crippen molar-refractivity contribution < 1.29 is 13.2 Å². The third-order valence-electron chi connectivity index (χ3n) is 3.49. The second-order valence-corrected chi connectivity index (χ2v) is 7.63. The first-order valence-corrected chi connectivity index (χ1v) is 8.79. The molecular formula is C13H23N3O3S. The van der Waals surface area contributed by atoms with Gasteiger partial charge in [-0.15, -0.1) is 0 Å². The SMILES string of the molecule is COCCCNc1nc(C)cn1CC1CCS(=O)(=O)C1. The summed E-state index contributed by atoms with van der Waals surface area (Å²) in [5.74, 6) is 1.64. The van der Waals surface area contributed by atoms with E-state index in [1.807, 2.05) is 17.7 Å². The van der Waals surface area contributed by atoms with Crippen molar-refractivity contribution in [2.45, 2.75) is 26.3 Å². The molecule has 1 aromatic rings. The van der Waals surface area contributed by atoms with E-state index < -0.39 is 9.84 Å². The van der Waals surface area contributed by atoms with Crippen LogP contribution < -0.4 is 5.32 Å². The predicted molar refractivity (Wildman–Crippen MR) is 78.7 cm³/mol. The van der Waals surface area contributed by atoms with Crippen molar-refractivity contribution in [3.8, 4) is 0 Å². The zero-order valence-electron chi connectivity index (χ0n) is 12.1. The van der Waals surface area contributed by atoms with E-state index in [-0.39, 0.29) is 5.92 Å². The molecule has 0 aliphatic carbocycles. The topological polar surface area (TPSA) is 73.2 Å². The van der Waals surface area contributed by atoms with Crippen LogP contribution >= 0.6 is 0 Å². The Morgan fingerprint density at radius 1 is 1.55 bits per heavy atom. The molecule has 1 unspecified atom stereocenters. The molecule has 6 nitrogen and oxygen atoms in total. The van der Waals surface area contributed by atoms with Crippen LogP contribution in [0.15, 0.2) is 6.20 Å². The third kappa shape index (κ3) is 4.21. The molecule has 0 amide bonds. The third-order valence-corrected chi connectivity index (χ3v) is 5.32. The highest BCUT2D eigenvalue weighted by atomic mass is 32.2. The molecule has 1 aliphatic rings. The van der Waals surface area contributed by atoms with E-state index in [1.165, 1.54) is 0 Å². The number of rotatable bonds is 7. The monoisotopic (exact) mass is 301 g/mol. The Labute approximate surface area is 120 Å². The van der Waals surface area contributed by atoms with E-state index in [1.54, 1.807) is 7.11 Å². The van der Waals surface area contributed by atoms with Gasteiger partial charge in [-0.1, -0.05) is 0 Å². The Morgan fingerprint density at radius 2 is 2.35 bits per heavy atom. The molecule has 20 heavy (non-hydrogen) atoms. The summed E-state index contributed by atoms with van der Waals surface area (Å²) in [6.45, 7) is 4.18. The van der Waals surface area contributed by atoms with Gasteiger partial charge in [0, 0.05) is 33.0 Å². The summed E-state index contributed by atoms with van der Waals surface area (Å²) in [7, 11) is -1.13.